The highest BCUT2D eigenvalue weighted by Gasteiger charge is 2.24. The molecular formula is C36H24O2. The summed E-state index contributed by atoms with van der Waals surface area (Å²) in [4.78, 5) is 0. The first-order valence-electron chi connectivity index (χ1n) is 12.8. The number of fused-ring (bicyclic) bond motifs is 1. The highest BCUT2D eigenvalue weighted by Crippen LogP contribution is 2.46. The molecule has 0 radical (unpaired) electrons. The van der Waals surface area contributed by atoms with Gasteiger partial charge >= 0.3 is 0 Å². The average Bonchev–Trinajstić information content (AvgIpc) is 3.61. The Morgan fingerprint density at radius 1 is 0.316 bits per heavy atom. The molecular weight excluding hydrogens is 464 g/mol. The molecule has 0 aliphatic rings. The summed E-state index contributed by atoms with van der Waals surface area (Å²) in [6, 6.07) is 49.9. The highest BCUT2D eigenvalue weighted by atomic mass is 16.4. The maximum atomic E-state index is 6.82. The van der Waals surface area contributed by atoms with Gasteiger partial charge in [0.25, 0.3) is 0 Å². The third kappa shape index (κ3) is 3.84. The van der Waals surface area contributed by atoms with Gasteiger partial charge in [-0.3, -0.25) is 0 Å². The summed E-state index contributed by atoms with van der Waals surface area (Å²) in [6.45, 7) is 0. The van der Waals surface area contributed by atoms with E-state index in [4.69, 9.17) is 8.83 Å². The molecule has 0 saturated heterocycles. The van der Waals surface area contributed by atoms with Crippen molar-refractivity contribution in [2.45, 2.75) is 0 Å². The smallest absolute Gasteiger partial charge is 0.178 e. The summed E-state index contributed by atoms with van der Waals surface area (Å²) < 4.78 is 13.4. The summed E-state index contributed by atoms with van der Waals surface area (Å²) in [5, 5.41) is 2.08. The van der Waals surface area contributed by atoms with E-state index in [2.05, 4.69) is 115 Å². The molecule has 0 N–H and O–H groups in total. The van der Waals surface area contributed by atoms with Gasteiger partial charge in [-0.05, 0) is 22.8 Å². The molecule has 0 spiro atoms. The van der Waals surface area contributed by atoms with E-state index in [1.54, 1.807) is 0 Å². The summed E-state index contributed by atoms with van der Waals surface area (Å²) in [5.74, 6) is 3.12. The zero-order valence-corrected chi connectivity index (χ0v) is 20.7. The van der Waals surface area contributed by atoms with E-state index in [0.717, 1.165) is 67.2 Å². The van der Waals surface area contributed by atoms with Crippen LogP contribution in [0.2, 0.25) is 0 Å². The molecule has 0 amide bonds. The molecule has 0 unspecified atom stereocenters. The minimum atomic E-state index is 0.731. The molecule has 2 nitrogen and oxygen atoms in total. The third-order valence-corrected chi connectivity index (χ3v) is 6.96. The van der Waals surface area contributed by atoms with Crippen molar-refractivity contribution in [3.8, 4) is 56.4 Å². The first-order chi connectivity index (χ1) is 18.9. The van der Waals surface area contributed by atoms with Crippen molar-refractivity contribution in [1.29, 1.82) is 0 Å². The van der Waals surface area contributed by atoms with Gasteiger partial charge in [0.2, 0.25) is 0 Å². The predicted octanol–water partition coefficient (Wildman–Crippen LogP) is 10.4. The Labute approximate surface area is 221 Å². The van der Waals surface area contributed by atoms with Crippen LogP contribution in [0, 0.1) is 0 Å². The minimum Gasteiger partial charge on any atom is -0.452 e. The van der Waals surface area contributed by atoms with Crippen molar-refractivity contribution < 1.29 is 8.83 Å². The fraction of sp³-hybridized carbons (Fsp3) is 0. The van der Waals surface area contributed by atoms with E-state index in [0.29, 0.717) is 0 Å². The van der Waals surface area contributed by atoms with E-state index >= 15 is 0 Å². The zero-order chi connectivity index (χ0) is 25.3. The van der Waals surface area contributed by atoms with Crippen LogP contribution in [0.1, 0.15) is 0 Å². The fourth-order valence-corrected chi connectivity index (χ4v) is 5.15. The third-order valence-electron chi connectivity index (χ3n) is 6.96. The van der Waals surface area contributed by atoms with Crippen molar-refractivity contribution in [2.24, 2.45) is 0 Å². The SMILES string of the molecule is c1ccc(-c2cc(-c3ccccc3)c(-c3oc(-c4ccccc4-c4ccccc4)c4ccccc34)o2)cc1. The van der Waals surface area contributed by atoms with Gasteiger partial charge < -0.3 is 8.83 Å². The Hall–Kier alpha value is -5.08. The first-order valence-corrected chi connectivity index (χ1v) is 12.8. The highest BCUT2D eigenvalue weighted by molar-refractivity contribution is 6.05. The Bertz CT molecular complexity index is 1840. The lowest BCUT2D eigenvalue weighted by molar-refractivity contribution is 0.542. The van der Waals surface area contributed by atoms with Gasteiger partial charge in [0.05, 0.1) is 0 Å². The van der Waals surface area contributed by atoms with Crippen molar-refractivity contribution in [3.05, 3.63) is 146 Å². The van der Waals surface area contributed by atoms with E-state index in [1.165, 1.54) is 0 Å². The van der Waals surface area contributed by atoms with Crippen molar-refractivity contribution in [3.63, 3.8) is 0 Å². The topological polar surface area (TPSA) is 26.3 Å². The van der Waals surface area contributed by atoms with Gasteiger partial charge in [-0.2, -0.15) is 0 Å². The van der Waals surface area contributed by atoms with E-state index in [1.807, 2.05) is 30.3 Å². The summed E-state index contributed by atoms with van der Waals surface area (Å²) >= 11 is 0. The zero-order valence-electron chi connectivity index (χ0n) is 20.7. The molecule has 0 atom stereocenters. The van der Waals surface area contributed by atoms with Crippen molar-refractivity contribution in [1.82, 2.24) is 0 Å². The Morgan fingerprint density at radius 2 is 0.789 bits per heavy atom. The molecule has 0 fully saturated rings. The number of rotatable bonds is 5. The van der Waals surface area contributed by atoms with Gasteiger partial charge in [-0.25, -0.2) is 0 Å². The lowest BCUT2D eigenvalue weighted by Gasteiger charge is -2.08. The summed E-state index contributed by atoms with van der Waals surface area (Å²) in [7, 11) is 0. The van der Waals surface area contributed by atoms with Crippen LogP contribution in [0.4, 0.5) is 0 Å². The van der Waals surface area contributed by atoms with Crippen LogP contribution in [-0.4, -0.2) is 0 Å². The van der Waals surface area contributed by atoms with E-state index in [9.17, 15) is 0 Å². The van der Waals surface area contributed by atoms with Crippen LogP contribution in [0.5, 0.6) is 0 Å². The molecule has 2 heteroatoms. The Morgan fingerprint density at radius 3 is 1.42 bits per heavy atom. The predicted molar refractivity (Wildman–Crippen MR) is 156 cm³/mol. The van der Waals surface area contributed by atoms with Gasteiger partial charge in [-0.15, -0.1) is 0 Å². The fourth-order valence-electron chi connectivity index (χ4n) is 5.15. The van der Waals surface area contributed by atoms with Crippen LogP contribution in [0.25, 0.3) is 67.2 Å². The van der Waals surface area contributed by atoms with Crippen LogP contribution in [-0.2, 0) is 0 Å². The van der Waals surface area contributed by atoms with Crippen molar-refractivity contribution in [2.75, 3.05) is 0 Å². The van der Waals surface area contributed by atoms with Gasteiger partial charge in [0.15, 0.2) is 11.5 Å². The largest absolute Gasteiger partial charge is 0.452 e. The lowest BCUT2D eigenvalue weighted by Crippen LogP contribution is -1.83. The molecule has 0 aliphatic carbocycles. The quantitative estimate of drug-likeness (QED) is 0.241. The monoisotopic (exact) mass is 488 g/mol. The molecule has 0 bridgehead atoms. The molecule has 0 saturated carbocycles. The molecule has 180 valence electrons. The van der Waals surface area contributed by atoms with Crippen LogP contribution >= 0.6 is 0 Å². The Balaban J connectivity index is 1.49. The second kappa shape index (κ2) is 9.42. The maximum Gasteiger partial charge on any atom is 0.178 e. The Kier molecular flexibility index (Phi) is 5.49. The minimum absolute atomic E-state index is 0.731. The molecule has 2 aromatic heterocycles. The van der Waals surface area contributed by atoms with Crippen LogP contribution in [0.15, 0.2) is 154 Å². The van der Waals surface area contributed by atoms with E-state index in [-0.39, 0.29) is 0 Å². The van der Waals surface area contributed by atoms with Crippen LogP contribution in [0.3, 0.4) is 0 Å². The lowest BCUT2D eigenvalue weighted by atomic mass is 9.96. The maximum absolute atomic E-state index is 6.82. The molecule has 0 aliphatic heterocycles. The second-order valence-corrected chi connectivity index (χ2v) is 9.30. The number of hydrogen-bond acceptors (Lipinski definition) is 2. The number of furan rings is 2. The van der Waals surface area contributed by atoms with Gasteiger partial charge in [-0.1, -0.05) is 140 Å². The standard InChI is InChI=1S/C36H24O2/c1-4-14-25(15-5-1)28-20-10-11-21-29(28)34-30-22-12-13-23-31(30)35(38-34)36-32(26-16-6-2-7-17-26)24-33(37-36)27-18-8-3-9-19-27/h1-24H. The van der Waals surface area contributed by atoms with E-state index < -0.39 is 0 Å². The van der Waals surface area contributed by atoms with Crippen molar-refractivity contribution >= 4 is 10.8 Å². The van der Waals surface area contributed by atoms with Crippen LogP contribution < -0.4 is 0 Å². The second-order valence-electron chi connectivity index (χ2n) is 9.30. The molecule has 38 heavy (non-hydrogen) atoms. The average molecular weight is 489 g/mol. The van der Waals surface area contributed by atoms with Gasteiger partial charge in [0, 0.05) is 27.5 Å². The molecule has 5 aromatic carbocycles. The molecule has 7 rings (SSSR count). The summed E-state index contributed by atoms with van der Waals surface area (Å²) in [5.41, 5.74) is 6.46. The number of hydrogen-bond donors (Lipinski definition) is 0. The summed E-state index contributed by atoms with van der Waals surface area (Å²) in [6.07, 6.45) is 0. The molecule has 7 aromatic rings. The van der Waals surface area contributed by atoms with Gasteiger partial charge in [0.1, 0.15) is 11.5 Å². The molecule has 2 heterocycles. The number of benzene rings is 5. The normalized spacial score (nSPS) is 11.2. The first kappa shape index (κ1) is 22.1.